The Bertz CT molecular complexity index is 311. The molecule has 0 heterocycles. The van der Waals surface area contributed by atoms with Gasteiger partial charge in [-0.3, -0.25) is 4.90 Å². The zero-order valence-electron chi connectivity index (χ0n) is 11.0. The molecule has 0 atom stereocenters. The number of nitrogens with zero attached hydrogens (tertiary/aromatic N) is 1. The van der Waals surface area contributed by atoms with E-state index in [9.17, 15) is 0 Å². The first-order valence-electron chi connectivity index (χ1n) is 6.18. The van der Waals surface area contributed by atoms with Gasteiger partial charge in [-0.25, -0.2) is 0 Å². The Kier molecular flexibility index (Phi) is 6.63. The van der Waals surface area contributed by atoms with E-state index in [1.54, 1.807) is 0 Å². The summed E-state index contributed by atoms with van der Waals surface area (Å²) in [6.07, 6.45) is 0. The smallest absolute Gasteiger partial charge is 0.0558 e. The Morgan fingerprint density at radius 3 is 2.35 bits per heavy atom. The monoisotopic (exact) mass is 253 g/mol. The van der Waals surface area contributed by atoms with Crippen LogP contribution in [-0.4, -0.2) is 41.5 Å². The predicted molar refractivity (Wildman–Crippen MR) is 75.7 cm³/mol. The lowest BCUT2D eigenvalue weighted by molar-refractivity contribution is 0.174. The van der Waals surface area contributed by atoms with Crippen LogP contribution in [0, 0.1) is 6.92 Å². The molecule has 0 bridgehead atoms. The van der Waals surface area contributed by atoms with Crippen molar-refractivity contribution < 1.29 is 5.11 Å². The average Bonchev–Trinajstić information content (AvgIpc) is 2.30. The summed E-state index contributed by atoms with van der Waals surface area (Å²) in [7, 11) is 0. The highest BCUT2D eigenvalue weighted by molar-refractivity contribution is 7.99. The first-order chi connectivity index (χ1) is 8.13. The molecule has 0 aliphatic heterocycles. The van der Waals surface area contributed by atoms with Crippen LogP contribution in [0.1, 0.15) is 19.4 Å². The second-order valence-electron chi connectivity index (χ2n) is 4.51. The van der Waals surface area contributed by atoms with E-state index in [0.717, 1.165) is 18.8 Å². The van der Waals surface area contributed by atoms with Gasteiger partial charge in [0.1, 0.15) is 0 Å². The molecule has 0 aromatic heterocycles. The van der Waals surface area contributed by atoms with Crippen LogP contribution in [0.4, 0.5) is 0 Å². The molecule has 1 aromatic carbocycles. The third-order valence-corrected chi connectivity index (χ3v) is 3.78. The molecule has 0 aliphatic rings. The molecule has 1 aromatic rings. The fourth-order valence-electron chi connectivity index (χ4n) is 1.67. The molecule has 0 fully saturated rings. The van der Waals surface area contributed by atoms with Crippen LogP contribution in [0.25, 0.3) is 0 Å². The maximum absolute atomic E-state index is 8.98. The van der Waals surface area contributed by atoms with Gasteiger partial charge in [0, 0.05) is 29.8 Å². The minimum absolute atomic E-state index is 0.243. The van der Waals surface area contributed by atoms with Crippen molar-refractivity contribution in [3.8, 4) is 0 Å². The van der Waals surface area contributed by atoms with Crippen molar-refractivity contribution in [1.29, 1.82) is 0 Å². The summed E-state index contributed by atoms with van der Waals surface area (Å²) in [6.45, 7) is 8.49. The Balaban J connectivity index is 2.33. The highest BCUT2D eigenvalue weighted by Crippen LogP contribution is 2.18. The lowest BCUT2D eigenvalue weighted by atomic mass is 10.2. The molecule has 0 aliphatic carbocycles. The van der Waals surface area contributed by atoms with Gasteiger partial charge in [0.15, 0.2) is 0 Å². The van der Waals surface area contributed by atoms with Gasteiger partial charge in [-0.05, 0) is 32.9 Å². The van der Waals surface area contributed by atoms with E-state index in [1.807, 2.05) is 11.8 Å². The minimum atomic E-state index is 0.243. The third kappa shape index (κ3) is 5.57. The largest absolute Gasteiger partial charge is 0.395 e. The molecule has 0 saturated carbocycles. The van der Waals surface area contributed by atoms with Crippen molar-refractivity contribution in [1.82, 2.24) is 4.90 Å². The van der Waals surface area contributed by atoms with Crippen molar-refractivity contribution in [3.05, 3.63) is 29.8 Å². The van der Waals surface area contributed by atoms with Crippen molar-refractivity contribution >= 4 is 11.8 Å². The lowest BCUT2D eigenvalue weighted by Crippen LogP contribution is -2.35. The van der Waals surface area contributed by atoms with E-state index in [2.05, 4.69) is 49.9 Å². The first-order valence-corrected chi connectivity index (χ1v) is 7.16. The van der Waals surface area contributed by atoms with E-state index in [1.165, 1.54) is 10.5 Å². The van der Waals surface area contributed by atoms with Gasteiger partial charge >= 0.3 is 0 Å². The van der Waals surface area contributed by atoms with E-state index >= 15 is 0 Å². The summed E-state index contributed by atoms with van der Waals surface area (Å²) in [5.41, 5.74) is 1.30. The second-order valence-corrected chi connectivity index (χ2v) is 5.68. The van der Waals surface area contributed by atoms with Crippen molar-refractivity contribution in [2.75, 3.05) is 25.4 Å². The van der Waals surface area contributed by atoms with Gasteiger partial charge in [-0.1, -0.05) is 17.7 Å². The first kappa shape index (κ1) is 14.6. The maximum Gasteiger partial charge on any atom is 0.0558 e. The highest BCUT2D eigenvalue weighted by atomic mass is 32.2. The Labute approximate surface area is 109 Å². The topological polar surface area (TPSA) is 23.5 Å². The van der Waals surface area contributed by atoms with Crippen molar-refractivity contribution in [2.24, 2.45) is 0 Å². The summed E-state index contributed by atoms with van der Waals surface area (Å²) in [5, 5.41) is 8.98. The van der Waals surface area contributed by atoms with E-state index in [0.29, 0.717) is 6.04 Å². The average molecular weight is 253 g/mol. The van der Waals surface area contributed by atoms with Gasteiger partial charge in [0.25, 0.3) is 0 Å². The quantitative estimate of drug-likeness (QED) is 0.756. The zero-order chi connectivity index (χ0) is 12.7. The molecular formula is C14H23NOS. The number of benzene rings is 1. The van der Waals surface area contributed by atoms with Crippen molar-refractivity contribution in [2.45, 2.75) is 31.7 Å². The molecule has 0 spiro atoms. The normalized spacial score (nSPS) is 11.4. The van der Waals surface area contributed by atoms with Crippen LogP contribution in [0.15, 0.2) is 29.2 Å². The number of rotatable bonds is 7. The summed E-state index contributed by atoms with van der Waals surface area (Å²) in [6, 6.07) is 9.14. The van der Waals surface area contributed by atoms with Crippen LogP contribution in [-0.2, 0) is 0 Å². The molecule has 96 valence electrons. The molecule has 1 rings (SSSR count). The number of hydrogen-bond acceptors (Lipinski definition) is 3. The molecule has 0 saturated heterocycles. The summed E-state index contributed by atoms with van der Waals surface area (Å²) in [5.74, 6) is 1.07. The van der Waals surface area contributed by atoms with Gasteiger partial charge in [0.2, 0.25) is 0 Å². The maximum atomic E-state index is 8.98. The Morgan fingerprint density at radius 2 is 1.82 bits per heavy atom. The van der Waals surface area contributed by atoms with Crippen LogP contribution in [0.3, 0.4) is 0 Å². The van der Waals surface area contributed by atoms with E-state index in [-0.39, 0.29) is 6.61 Å². The molecule has 3 heteroatoms. The molecular weight excluding hydrogens is 230 g/mol. The van der Waals surface area contributed by atoms with Gasteiger partial charge in [0.05, 0.1) is 6.61 Å². The molecule has 1 N–H and O–H groups in total. The third-order valence-electron chi connectivity index (χ3n) is 2.79. The standard InChI is InChI=1S/C14H23NOS/c1-12(2)15(8-10-16)9-11-17-14-6-4-13(3)5-7-14/h4-7,12,16H,8-11H2,1-3H3. The van der Waals surface area contributed by atoms with Crippen LogP contribution in [0.2, 0.25) is 0 Å². The van der Waals surface area contributed by atoms with Crippen LogP contribution in [0.5, 0.6) is 0 Å². The SMILES string of the molecule is Cc1ccc(SCCN(CCO)C(C)C)cc1. The van der Waals surface area contributed by atoms with Gasteiger partial charge < -0.3 is 5.11 Å². The lowest BCUT2D eigenvalue weighted by Gasteiger charge is -2.25. The van der Waals surface area contributed by atoms with Gasteiger partial charge in [-0.15, -0.1) is 11.8 Å². The number of hydrogen-bond donors (Lipinski definition) is 1. The second kappa shape index (κ2) is 7.75. The minimum Gasteiger partial charge on any atom is -0.395 e. The number of aliphatic hydroxyl groups is 1. The number of thioether (sulfide) groups is 1. The zero-order valence-corrected chi connectivity index (χ0v) is 11.8. The molecule has 2 nitrogen and oxygen atoms in total. The highest BCUT2D eigenvalue weighted by Gasteiger charge is 2.07. The summed E-state index contributed by atoms with van der Waals surface area (Å²) < 4.78 is 0. The summed E-state index contributed by atoms with van der Waals surface area (Å²) >= 11 is 1.88. The Morgan fingerprint density at radius 1 is 1.18 bits per heavy atom. The van der Waals surface area contributed by atoms with E-state index in [4.69, 9.17) is 5.11 Å². The fourth-order valence-corrected chi connectivity index (χ4v) is 2.56. The van der Waals surface area contributed by atoms with Crippen molar-refractivity contribution in [3.63, 3.8) is 0 Å². The molecule has 17 heavy (non-hydrogen) atoms. The van der Waals surface area contributed by atoms with Crippen LogP contribution < -0.4 is 0 Å². The van der Waals surface area contributed by atoms with Gasteiger partial charge in [-0.2, -0.15) is 0 Å². The summed E-state index contributed by atoms with van der Waals surface area (Å²) in [4.78, 5) is 3.63. The number of aryl methyl sites for hydroxylation is 1. The Hall–Kier alpha value is -0.510. The van der Waals surface area contributed by atoms with Crippen LogP contribution >= 0.6 is 11.8 Å². The fraction of sp³-hybridized carbons (Fsp3) is 0.571. The molecule has 0 unspecified atom stereocenters. The molecule has 0 amide bonds. The van der Waals surface area contributed by atoms with E-state index < -0.39 is 0 Å². The number of aliphatic hydroxyl groups excluding tert-OH is 1. The predicted octanol–water partition coefficient (Wildman–Crippen LogP) is 2.79. The molecule has 0 radical (unpaired) electrons.